The lowest BCUT2D eigenvalue weighted by Gasteiger charge is -2.65. The van der Waals surface area contributed by atoms with Gasteiger partial charge in [0.1, 0.15) is 11.9 Å². The largest absolute Gasteiger partial charge is 0.497 e. The molecule has 3 aliphatic carbocycles. The van der Waals surface area contributed by atoms with E-state index in [1.54, 1.807) is 7.11 Å². The number of ether oxygens (including phenoxy) is 3. The normalized spacial score (nSPS) is 33.4. The molecule has 0 spiro atoms. The molecule has 4 aliphatic rings. The molecule has 2 unspecified atom stereocenters. The van der Waals surface area contributed by atoms with Gasteiger partial charge in [-0.1, -0.05) is 36.4 Å². The van der Waals surface area contributed by atoms with Crippen molar-refractivity contribution in [2.24, 2.45) is 5.92 Å². The smallest absolute Gasteiger partial charge is 0.302 e. The van der Waals surface area contributed by atoms with E-state index in [0.29, 0.717) is 19.4 Å². The van der Waals surface area contributed by atoms with E-state index < -0.39 is 17.1 Å². The number of aliphatic hydroxyl groups is 1. The molecular formula is C30H37NO5. The van der Waals surface area contributed by atoms with Crippen LogP contribution in [0.3, 0.4) is 0 Å². The molecule has 1 saturated heterocycles. The van der Waals surface area contributed by atoms with Crippen LogP contribution in [-0.4, -0.2) is 60.0 Å². The van der Waals surface area contributed by atoms with Gasteiger partial charge >= 0.3 is 5.97 Å². The molecule has 2 saturated carbocycles. The summed E-state index contributed by atoms with van der Waals surface area (Å²) < 4.78 is 18.0. The second-order valence-electron chi connectivity index (χ2n) is 11.3. The summed E-state index contributed by atoms with van der Waals surface area (Å²) in [4.78, 5) is 14.7. The zero-order valence-corrected chi connectivity index (χ0v) is 21.3. The van der Waals surface area contributed by atoms with Gasteiger partial charge in [0.05, 0.1) is 25.4 Å². The molecule has 0 aromatic heterocycles. The van der Waals surface area contributed by atoms with Crippen LogP contribution in [-0.2, 0) is 32.7 Å². The third kappa shape index (κ3) is 4.04. The molecule has 1 aliphatic heterocycles. The summed E-state index contributed by atoms with van der Waals surface area (Å²) in [5.41, 5.74) is 2.02. The van der Waals surface area contributed by atoms with Gasteiger partial charge in [0.2, 0.25) is 0 Å². The Morgan fingerprint density at radius 2 is 1.92 bits per heavy atom. The predicted molar refractivity (Wildman–Crippen MR) is 136 cm³/mol. The zero-order chi connectivity index (χ0) is 24.9. The molecule has 6 heteroatoms. The maximum Gasteiger partial charge on any atom is 0.302 e. The molecule has 36 heavy (non-hydrogen) atoms. The lowest BCUT2D eigenvalue weighted by atomic mass is 9.48. The molecule has 5 atom stereocenters. The maximum absolute atomic E-state index is 12.8. The number of piperidine rings is 1. The van der Waals surface area contributed by atoms with E-state index in [4.69, 9.17) is 14.2 Å². The Morgan fingerprint density at radius 3 is 2.64 bits per heavy atom. The predicted octanol–water partition coefficient (Wildman–Crippen LogP) is 4.02. The minimum Gasteiger partial charge on any atom is -0.497 e. The van der Waals surface area contributed by atoms with E-state index in [9.17, 15) is 9.90 Å². The van der Waals surface area contributed by atoms with Crippen LogP contribution in [0.4, 0.5) is 0 Å². The second kappa shape index (κ2) is 9.16. The summed E-state index contributed by atoms with van der Waals surface area (Å²) >= 11 is 0. The monoisotopic (exact) mass is 491 g/mol. The summed E-state index contributed by atoms with van der Waals surface area (Å²) in [6, 6.07) is 16.4. The Kier molecular flexibility index (Phi) is 6.09. The number of benzene rings is 2. The van der Waals surface area contributed by atoms with Gasteiger partial charge in [-0.25, -0.2) is 0 Å². The Bertz CT molecular complexity index is 1120. The summed E-state index contributed by atoms with van der Waals surface area (Å²) in [5.74, 6) is 1.25. The summed E-state index contributed by atoms with van der Waals surface area (Å²) in [7, 11) is 1.69. The Balaban J connectivity index is 1.39. The van der Waals surface area contributed by atoms with Crippen molar-refractivity contribution in [2.75, 3.05) is 20.2 Å². The average Bonchev–Trinajstić information content (AvgIpc) is 3.69. The fourth-order valence-corrected chi connectivity index (χ4v) is 7.27. The van der Waals surface area contributed by atoms with E-state index in [2.05, 4.69) is 17.0 Å². The number of nitrogens with zero attached hydrogens (tertiary/aromatic N) is 1. The van der Waals surface area contributed by atoms with Crippen molar-refractivity contribution >= 4 is 5.97 Å². The van der Waals surface area contributed by atoms with E-state index in [-0.39, 0.29) is 18.1 Å². The molecular weight excluding hydrogens is 454 g/mol. The van der Waals surface area contributed by atoms with Gasteiger partial charge < -0.3 is 19.3 Å². The van der Waals surface area contributed by atoms with Gasteiger partial charge in [-0.15, -0.1) is 0 Å². The standard InChI is InChI=1S/C30H37NO5/c1-20(32)36-27-16-29-12-13-31(18-21-8-9-21)28(14-23-10-11-24(34-2)15-25(23)29)30(29,33)17-26(27)35-19-22-6-4-3-5-7-22/h3-7,10-11,15,21,26-28,33H,8-9,12-14,16-19H2,1-2H3/t26?,27?,28-,29-,30-/m1/s1. The molecule has 3 fully saturated rings. The maximum atomic E-state index is 12.8. The topological polar surface area (TPSA) is 68.2 Å². The molecule has 1 N–H and O–H groups in total. The number of likely N-dealkylation sites (tertiary alicyclic amines) is 1. The van der Waals surface area contributed by atoms with Crippen molar-refractivity contribution in [2.45, 2.75) is 81.3 Å². The van der Waals surface area contributed by atoms with Crippen LogP contribution in [0.1, 0.15) is 55.7 Å². The molecule has 2 aromatic rings. The van der Waals surface area contributed by atoms with Crippen molar-refractivity contribution < 1.29 is 24.1 Å². The van der Waals surface area contributed by atoms with Crippen LogP contribution in [0.15, 0.2) is 48.5 Å². The first-order chi connectivity index (χ1) is 17.4. The van der Waals surface area contributed by atoms with Crippen molar-refractivity contribution in [3.63, 3.8) is 0 Å². The van der Waals surface area contributed by atoms with E-state index in [1.165, 1.54) is 25.3 Å². The third-order valence-electron chi connectivity index (χ3n) is 9.18. The van der Waals surface area contributed by atoms with Crippen LogP contribution in [0.5, 0.6) is 5.75 Å². The SMILES string of the molecule is COc1ccc2c(c1)[C@]13CCN(CC4CC4)[C@H](C2)[C@]1(O)CC(OCc1ccccc1)C(OC(C)=O)C3. The fraction of sp³-hybridized carbons (Fsp3) is 0.567. The van der Waals surface area contributed by atoms with Crippen LogP contribution in [0, 0.1) is 5.92 Å². The Morgan fingerprint density at radius 1 is 1.11 bits per heavy atom. The molecule has 0 radical (unpaired) electrons. The van der Waals surface area contributed by atoms with Crippen molar-refractivity contribution in [3.8, 4) is 5.75 Å². The van der Waals surface area contributed by atoms with Gasteiger partial charge in [-0.2, -0.15) is 0 Å². The fourth-order valence-electron chi connectivity index (χ4n) is 7.27. The minimum absolute atomic E-state index is 0.0221. The number of hydrogen-bond acceptors (Lipinski definition) is 6. The highest BCUT2D eigenvalue weighted by molar-refractivity contribution is 5.66. The number of hydrogen-bond donors (Lipinski definition) is 1. The van der Waals surface area contributed by atoms with E-state index >= 15 is 0 Å². The van der Waals surface area contributed by atoms with Crippen LogP contribution >= 0.6 is 0 Å². The van der Waals surface area contributed by atoms with Gasteiger partial charge in [0, 0.05) is 31.3 Å². The second-order valence-corrected chi connectivity index (χ2v) is 11.3. The van der Waals surface area contributed by atoms with Gasteiger partial charge in [-0.05, 0) is 73.4 Å². The van der Waals surface area contributed by atoms with Gasteiger partial charge in [-0.3, -0.25) is 9.69 Å². The lowest BCUT2D eigenvalue weighted by Crippen LogP contribution is -2.75. The third-order valence-corrected chi connectivity index (χ3v) is 9.18. The number of carbonyl (C=O) groups excluding carboxylic acids is 1. The van der Waals surface area contributed by atoms with Gasteiger partial charge in [0.25, 0.3) is 0 Å². The van der Waals surface area contributed by atoms with Gasteiger partial charge in [0.15, 0.2) is 0 Å². The molecule has 6 nitrogen and oxygen atoms in total. The first-order valence-electron chi connectivity index (χ1n) is 13.4. The minimum atomic E-state index is -0.975. The summed E-state index contributed by atoms with van der Waals surface area (Å²) in [6.45, 7) is 3.89. The first kappa shape index (κ1) is 24.0. The average molecular weight is 492 g/mol. The van der Waals surface area contributed by atoms with Crippen molar-refractivity contribution in [3.05, 3.63) is 65.2 Å². The molecule has 2 aromatic carbocycles. The Labute approximate surface area is 213 Å². The molecule has 2 bridgehead atoms. The van der Waals surface area contributed by atoms with Crippen molar-refractivity contribution in [1.29, 1.82) is 0 Å². The van der Waals surface area contributed by atoms with Crippen LogP contribution in [0.2, 0.25) is 0 Å². The number of carbonyl (C=O) groups is 1. The molecule has 1 heterocycles. The first-order valence-corrected chi connectivity index (χ1v) is 13.4. The quantitative estimate of drug-likeness (QED) is 0.591. The molecule has 192 valence electrons. The number of fused-ring (bicyclic) bond motifs is 1. The zero-order valence-electron chi connectivity index (χ0n) is 21.3. The van der Waals surface area contributed by atoms with E-state index in [1.807, 2.05) is 36.4 Å². The number of rotatable bonds is 7. The highest BCUT2D eigenvalue weighted by atomic mass is 16.6. The number of methoxy groups -OCH3 is 1. The van der Waals surface area contributed by atoms with Crippen LogP contribution in [0.25, 0.3) is 0 Å². The van der Waals surface area contributed by atoms with Crippen molar-refractivity contribution in [1.82, 2.24) is 4.90 Å². The number of esters is 1. The summed E-state index contributed by atoms with van der Waals surface area (Å²) in [5, 5.41) is 12.8. The van der Waals surface area contributed by atoms with E-state index in [0.717, 1.165) is 48.7 Å². The highest BCUT2D eigenvalue weighted by Gasteiger charge is 2.67. The lowest BCUT2D eigenvalue weighted by molar-refractivity contribution is -0.227. The van der Waals surface area contributed by atoms with Crippen LogP contribution < -0.4 is 4.74 Å². The Hall–Kier alpha value is -2.41. The highest BCUT2D eigenvalue weighted by Crippen LogP contribution is 2.59. The molecule has 6 rings (SSSR count). The molecule has 0 amide bonds. The summed E-state index contributed by atoms with van der Waals surface area (Å²) in [6.07, 6.45) is 4.43.